The second kappa shape index (κ2) is 5.31. The zero-order valence-corrected chi connectivity index (χ0v) is 12.8. The van der Waals surface area contributed by atoms with Gasteiger partial charge in [-0.2, -0.15) is 0 Å². The van der Waals surface area contributed by atoms with E-state index in [4.69, 9.17) is 10.5 Å². The first-order chi connectivity index (χ1) is 9.29. The SMILES string of the molecule is CCOC1CC(NS(=O)(=O)c2ncccc2N)C1(C)C. The van der Waals surface area contributed by atoms with Crippen LogP contribution in [0, 0.1) is 5.41 Å². The second-order valence-corrected chi connectivity index (χ2v) is 7.20. The molecule has 112 valence electrons. The average molecular weight is 299 g/mol. The molecule has 0 aromatic carbocycles. The van der Waals surface area contributed by atoms with E-state index in [-0.39, 0.29) is 28.3 Å². The fourth-order valence-electron chi connectivity index (χ4n) is 2.44. The monoisotopic (exact) mass is 299 g/mol. The summed E-state index contributed by atoms with van der Waals surface area (Å²) in [4.78, 5) is 3.86. The number of nitrogens with zero attached hydrogens (tertiary/aromatic N) is 1. The zero-order chi connectivity index (χ0) is 15.0. The number of sulfonamides is 1. The first kappa shape index (κ1) is 15.2. The quantitative estimate of drug-likeness (QED) is 0.850. The van der Waals surface area contributed by atoms with Gasteiger partial charge in [0.05, 0.1) is 11.8 Å². The summed E-state index contributed by atoms with van der Waals surface area (Å²) in [5, 5.41) is -0.115. The van der Waals surface area contributed by atoms with Crippen LogP contribution in [0.2, 0.25) is 0 Å². The highest BCUT2D eigenvalue weighted by Gasteiger charge is 2.50. The summed E-state index contributed by atoms with van der Waals surface area (Å²) >= 11 is 0. The van der Waals surface area contributed by atoms with Crippen LogP contribution in [0.4, 0.5) is 5.69 Å². The van der Waals surface area contributed by atoms with Gasteiger partial charge >= 0.3 is 0 Å². The van der Waals surface area contributed by atoms with E-state index in [1.165, 1.54) is 12.3 Å². The van der Waals surface area contributed by atoms with Crippen LogP contribution in [0.3, 0.4) is 0 Å². The van der Waals surface area contributed by atoms with Crippen molar-refractivity contribution < 1.29 is 13.2 Å². The number of anilines is 1. The molecule has 1 heterocycles. The Morgan fingerprint density at radius 2 is 2.25 bits per heavy atom. The molecule has 6 nitrogen and oxygen atoms in total. The number of pyridine rings is 1. The highest BCUT2D eigenvalue weighted by Crippen LogP contribution is 2.43. The highest BCUT2D eigenvalue weighted by atomic mass is 32.2. The number of rotatable bonds is 5. The van der Waals surface area contributed by atoms with E-state index in [1.807, 2.05) is 20.8 Å². The highest BCUT2D eigenvalue weighted by molar-refractivity contribution is 7.89. The number of nitrogen functional groups attached to an aromatic ring is 1. The molecule has 0 amide bonds. The van der Waals surface area contributed by atoms with Gasteiger partial charge in [0.25, 0.3) is 10.0 Å². The maximum atomic E-state index is 12.3. The minimum atomic E-state index is -3.70. The molecule has 2 atom stereocenters. The van der Waals surface area contributed by atoms with Gasteiger partial charge in [-0.15, -0.1) is 0 Å². The van der Waals surface area contributed by atoms with Crippen molar-refractivity contribution in [2.24, 2.45) is 5.41 Å². The molecule has 7 heteroatoms. The molecule has 0 aliphatic heterocycles. The maximum Gasteiger partial charge on any atom is 0.260 e. The first-order valence-electron chi connectivity index (χ1n) is 6.63. The molecule has 1 aliphatic rings. The number of aromatic nitrogens is 1. The number of nitrogens with one attached hydrogen (secondary N) is 1. The van der Waals surface area contributed by atoms with Crippen LogP contribution in [0.5, 0.6) is 0 Å². The fraction of sp³-hybridized carbons (Fsp3) is 0.615. The summed E-state index contributed by atoms with van der Waals surface area (Å²) in [7, 11) is -3.70. The van der Waals surface area contributed by atoms with E-state index in [0.29, 0.717) is 13.0 Å². The van der Waals surface area contributed by atoms with Crippen molar-refractivity contribution >= 4 is 15.7 Å². The Morgan fingerprint density at radius 1 is 1.55 bits per heavy atom. The van der Waals surface area contributed by atoms with Gasteiger partial charge in [-0.3, -0.25) is 0 Å². The van der Waals surface area contributed by atoms with E-state index in [0.717, 1.165) is 0 Å². The van der Waals surface area contributed by atoms with Crippen molar-refractivity contribution in [3.63, 3.8) is 0 Å². The Hall–Kier alpha value is -1.18. The molecule has 0 bridgehead atoms. The number of nitrogens with two attached hydrogens (primary N) is 1. The Labute approximate surface area is 119 Å². The van der Waals surface area contributed by atoms with Gasteiger partial charge in [0.15, 0.2) is 5.03 Å². The van der Waals surface area contributed by atoms with Crippen LogP contribution in [-0.2, 0) is 14.8 Å². The van der Waals surface area contributed by atoms with Gasteiger partial charge in [-0.1, -0.05) is 13.8 Å². The predicted molar refractivity (Wildman–Crippen MR) is 76.6 cm³/mol. The summed E-state index contributed by atoms with van der Waals surface area (Å²) in [6, 6.07) is 2.95. The van der Waals surface area contributed by atoms with Gasteiger partial charge in [0, 0.05) is 24.3 Å². The predicted octanol–water partition coefficient (Wildman–Crippen LogP) is 1.15. The normalized spacial score (nSPS) is 25.1. The molecule has 0 radical (unpaired) electrons. The van der Waals surface area contributed by atoms with E-state index >= 15 is 0 Å². The third-order valence-corrected chi connectivity index (χ3v) is 5.34. The second-order valence-electron chi connectivity index (χ2n) is 5.57. The molecule has 1 aromatic heterocycles. The molecule has 2 unspecified atom stereocenters. The molecule has 20 heavy (non-hydrogen) atoms. The third kappa shape index (κ3) is 2.65. The lowest BCUT2D eigenvalue weighted by atomic mass is 9.65. The largest absolute Gasteiger partial charge is 0.396 e. The summed E-state index contributed by atoms with van der Waals surface area (Å²) in [5.74, 6) is 0. The Balaban J connectivity index is 2.14. The van der Waals surface area contributed by atoms with Crippen molar-refractivity contribution in [2.45, 2.75) is 44.4 Å². The van der Waals surface area contributed by atoms with Gasteiger partial charge in [0.1, 0.15) is 0 Å². The fourth-order valence-corrected chi connectivity index (χ4v) is 3.90. The minimum Gasteiger partial charge on any atom is -0.396 e. The Kier molecular flexibility index (Phi) is 4.04. The molecular weight excluding hydrogens is 278 g/mol. The molecule has 1 saturated carbocycles. The summed E-state index contributed by atoms with van der Waals surface area (Å²) in [6.45, 7) is 6.54. The lowest BCUT2D eigenvalue weighted by molar-refractivity contribution is -0.108. The van der Waals surface area contributed by atoms with Gasteiger partial charge in [0.2, 0.25) is 0 Å². The molecular formula is C13H21N3O3S. The molecule has 1 aromatic rings. The van der Waals surface area contributed by atoms with Crippen LogP contribution in [-0.4, -0.2) is 32.2 Å². The standard InChI is InChI=1S/C13H21N3O3S/c1-4-19-11-8-10(13(11,2)3)16-20(17,18)12-9(14)6-5-7-15-12/h5-7,10-11,16H,4,8,14H2,1-3H3. The molecule has 0 saturated heterocycles. The first-order valence-corrected chi connectivity index (χ1v) is 8.11. The third-order valence-electron chi connectivity index (χ3n) is 3.90. The van der Waals surface area contributed by atoms with Crippen LogP contribution >= 0.6 is 0 Å². The molecule has 3 N–H and O–H groups in total. The van der Waals surface area contributed by atoms with E-state index < -0.39 is 10.0 Å². The van der Waals surface area contributed by atoms with E-state index in [2.05, 4.69) is 9.71 Å². The molecule has 2 rings (SSSR count). The Morgan fingerprint density at radius 3 is 2.80 bits per heavy atom. The summed E-state index contributed by atoms with van der Waals surface area (Å²) < 4.78 is 32.9. The zero-order valence-electron chi connectivity index (χ0n) is 12.0. The average Bonchev–Trinajstić information content (AvgIpc) is 2.38. The van der Waals surface area contributed by atoms with Crippen LogP contribution in [0.1, 0.15) is 27.2 Å². The lowest BCUT2D eigenvalue weighted by Crippen LogP contribution is -2.62. The lowest BCUT2D eigenvalue weighted by Gasteiger charge is -2.51. The maximum absolute atomic E-state index is 12.3. The molecule has 1 fully saturated rings. The smallest absolute Gasteiger partial charge is 0.260 e. The summed E-state index contributed by atoms with van der Waals surface area (Å²) in [6.07, 6.45) is 2.15. The topological polar surface area (TPSA) is 94.3 Å². The number of hydrogen-bond acceptors (Lipinski definition) is 5. The van der Waals surface area contributed by atoms with Crippen LogP contribution < -0.4 is 10.5 Å². The van der Waals surface area contributed by atoms with Crippen molar-refractivity contribution in [3.05, 3.63) is 18.3 Å². The molecule has 0 spiro atoms. The van der Waals surface area contributed by atoms with Crippen molar-refractivity contribution in [1.82, 2.24) is 9.71 Å². The van der Waals surface area contributed by atoms with Gasteiger partial charge < -0.3 is 10.5 Å². The molecule has 1 aliphatic carbocycles. The summed E-state index contributed by atoms with van der Waals surface area (Å²) in [5.41, 5.74) is 5.59. The van der Waals surface area contributed by atoms with Crippen LogP contribution in [0.25, 0.3) is 0 Å². The van der Waals surface area contributed by atoms with Crippen molar-refractivity contribution in [3.8, 4) is 0 Å². The Bertz CT molecular complexity index is 586. The van der Waals surface area contributed by atoms with Gasteiger partial charge in [-0.05, 0) is 25.5 Å². The van der Waals surface area contributed by atoms with E-state index in [1.54, 1.807) is 6.07 Å². The van der Waals surface area contributed by atoms with Gasteiger partial charge in [-0.25, -0.2) is 18.1 Å². The number of ether oxygens (including phenoxy) is 1. The van der Waals surface area contributed by atoms with Crippen molar-refractivity contribution in [1.29, 1.82) is 0 Å². The van der Waals surface area contributed by atoms with Crippen molar-refractivity contribution in [2.75, 3.05) is 12.3 Å². The number of hydrogen-bond donors (Lipinski definition) is 2. The van der Waals surface area contributed by atoms with Crippen LogP contribution in [0.15, 0.2) is 23.4 Å². The minimum absolute atomic E-state index is 0.0706. The van der Waals surface area contributed by atoms with E-state index in [9.17, 15) is 8.42 Å².